The van der Waals surface area contributed by atoms with Gasteiger partial charge in [-0.15, -0.1) is 0 Å². The molecule has 0 unspecified atom stereocenters. The zero-order chi connectivity index (χ0) is 16.6. The average Bonchev–Trinajstić information content (AvgIpc) is 2.97. The molecule has 0 heterocycles. The van der Waals surface area contributed by atoms with Crippen LogP contribution in [-0.4, -0.2) is 32.9 Å². The molecule has 3 nitrogen and oxygen atoms in total. The van der Waals surface area contributed by atoms with Crippen molar-refractivity contribution in [1.82, 2.24) is 9.78 Å². The third-order valence-corrected chi connectivity index (χ3v) is 18.9. The van der Waals surface area contributed by atoms with Crippen LogP contribution in [0.25, 0.3) is 0 Å². The van der Waals surface area contributed by atoms with E-state index in [2.05, 4.69) is 60.0 Å². The Morgan fingerprint density at radius 3 is 1.73 bits per heavy atom. The van der Waals surface area contributed by atoms with E-state index in [1.165, 1.54) is 19.3 Å². The minimum atomic E-state index is -2.89. The third kappa shape index (κ3) is 5.70. The van der Waals surface area contributed by atoms with Gasteiger partial charge in [0.2, 0.25) is 0 Å². The Kier molecular flexibility index (Phi) is 9.40. The Hall–Kier alpha value is 0.786. The molecule has 0 spiro atoms. The molecule has 0 aromatic rings. The van der Waals surface area contributed by atoms with Crippen LogP contribution in [0.2, 0.25) is 17.3 Å². The SMILES string of the molecule is CCC[NH][Zr]([NH]CCC)([NH]CCC)[C]1=[C]([Ge]([CH3])([CH3])[CH3])C=CC1. The quantitative estimate of drug-likeness (QED) is 0.420. The van der Waals surface area contributed by atoms with E-state index in [1.54, 1.807) is 7.69 Å². The van der Waals surface area contributed by atoms with Crippen LogP contribution in [0, 0.1) is 0 Å². The monoisotopic (exact) mass is 447 g/mol. The molecular formula is C17H37GeN3Zr. The van der Waals surface area contributed by atoms with E-state index in [0.717, 1.165) is 26.1 Å². The van der Waals surface area contributed by atoms with E-state index in [4.69, 9.17) is 0 Å². The Balaban J connectivity index is 3.19. The Morgan fingerprint density at radius 2 is 1.36 bits per heavy atom. The van der Waals surface area contributed by atoms with Crippen LogP contribution < -0.4 is 9.78 Å². The van der Waals surface area contributed by atoms with E-state index in [0.29, 0.717) is 0 Å². The molecule has 128 valence electrons. The van der Waals surface area contributed by atoms with Gasteiger partial charge in [0, 0.05) is 0 Å². The van der Waals surface area contributed by atoms with Crippen molar-refractivity contribution in [1.29, 1.82) is 0 Å². The molecule has 1 aliphatic rings. The molecule has 22 heavy (non-hydrogen) atoms. The first-order chi connectivity index (χ1) is 10.4. The number of allylic oxidation sites excluding steroid dienone is 4. The van der Waals surface area contributed by atoms with Crippen molar-refractivity contribution in [2.24, 2.45) is 0 Å². The van der Waals surface area contributed by atoms with Crippen LogP contribution in [0.4, 0.5) is 0 Å². The van der Waals surface area contributed by atoms with E-state index < -0.39 is 34.4 Å². The number of hydrogen-bond donors (Lipinski definition) is 3. The Morgan fingerprint density at radius 1 is 0.909 bits per heavy atom. The van der Waals surface area contributed by atoms with Gasteiger partial charge in [0.05, 0.1) is 0 Å². The van der Waals surface area contributed by atoms with Crippen molar-refractivity contribution >= 4 is 13.3 Å². The second-order valence-corrected chi connectivity index (χ2v) is 25.6. The van der Waals surface area contributed by atoms with Crippen LogP contribution in [0.15, 0.2) is 19.8 Å². The van der Waals surface area contributed by atoms with Crippen molar-refractivity contribution in [2.75, 3.05) is 19.6 Å². The van der Waals surface area contributed by atoms with Crippen molar-refractivity contribution in [3.8, 4) is 0 Å². The molecule has 1 aliphatic carbocycles. The first-order valence-corrected chi connectivity index (χ1v) is 21.3. The van der Waals surface area contributed by atoms with Gasteiger partial charge in [-0.1, -0.05) is 0 Å². The number of rotatable bonds is 11. The fourth-order valence-corrected chi connectivity index (χ4v) is 22.9. The predicted molar refractivity (Wildman–Crippen MR) is 99.0 cm³/mol. The molecule has 3 N–H and O–H groups in total. The molecular weight excluding hydrogens is 410 g/mol. The van der Waals surface area contributed by atoms with Gasteiger partial charge in [-0.25, -0.2) is 0 Å². The van der Waals surface area contributed by atoms with Gasteiger partial charge in [0.15, 0.2) is 0 Å². The third-order valence-electron chi connectivity index (χ3n) is 4.11. The van der Waals surface area contributed by atoms with Crippen LogP contribution in [0.3, 0.4) is 0 Å². The summed E-state index contributed by atoms with van der Waals surface area (Å²) in [5.74, 6) is 7.59. The van der Waals surface area contributed by atoms with E-state index in [1.807, 2.05) is 0 Å². The summed E-state index contributed by atoms with van der Waals surface area (Å²) >= 11 is -4.70. The first kappa shape index (κ1) is 20.8. The summed E-state index contributed by atoms with van der Waals surface area (Å²) in [6, 6.07) is 0. The normalized spacial score (nSPS) is 15.9. The molecule has 1 rings (SSSR count). The van der Waals surface area contributed by atoms with Gasteiger partial charge in [-0.2, -0.15) is 0 Å². The molecule has 0 radical (unpaired) electrons. The molecule has 0 saturated carbocycles. The number of hydrogen-bond acceptors (Lipinski definition) is 3. The van der Waals surface area contributed by atoms with Gasteiger partial charge >= 0.3 is 147 Å². The van der Waals surface area contributed by atoms with Crippen molar-refractivity contribution < 1.29 is 21.1 Å². The van der Waals surface area contributed by atoms with E-state index >= 15 is 0 Å². The van der Waals surface area contributed by atoms with E-state index in [-0.39, 0.29) is 0 Å². The first-order valence-electron chi connectivity index (χ1n) is 9.07. The van der Waals surface area contributed by atoms with Gasteiger partial charge in [0.1, 0.15) is 0 Å². The summed E-state index contributed by atoms with van der Waals surface area (Å²) in [6.45, 7) is 10.2. The fraction of sp³-hybridized carbons (Fsp3) is 0.765. The van der Waals surface area contributed by atoms with Crippen molar-refractivity contribution in [3.05, 3.63) is 19.8 Å². The topological polar surface area (TPSA) is 36.1 Å². The Labute approximate surface area is 146 Å². The number of nitrogens with one attached hydrogen (secondary N) is 3. The van der Waals surface area contributed by atoms with Crippen LogP contribution in [0.5, 0.6) is 0 Å². The predicted octanol–water partition coefficient (Wildman–Crippen LogP) is 3.98. The molecule has 0 aromatic carbocycles. The second kappa shape index (κ2) is 9.93. The summed E-state index contributed by atoms with van der Waals surface area (Å²) in [5.41, 5.74) is 0. The molecule has 0 bridgehead atoms. The summed E-state index contributed by atoms with van der Waals surface area (Å²) in [6.07, 6.45) is 9.63. The van der Waals surface area contributed by atoms with Crippen molar-refractivity contribution in [2.45, 2.75) is 63.7 Å². The summed E-state index contributed by atoms with van der Waals surface area (Å²) in [7, 11) is 0. The van der Waals surface area contributed by atoms with Crippen LogP contribution >= 0.6 is 0 Å². The summed E-state index contributed by atoms with van der Waals surface area (Å²) in [5, 5.41) is 0. The average molecular weight is 447 g/mol. The molecule has 5 heteroatoms. The van der Waals surface area contributed by atoms with Gasteiger partial charge in [-0.05, 0) is 0 Å². The summed E-state index contributed by atoms with van der Waals surface area (Å²) in [4.78, 5) is 0. The fourth-order valence-electron chi connectivity index (χ4n) is 3.01. The molecule has 0 atom stereocenters. The van der Waals surface area contributed by atoms with Gasteiger partial charge in [0.25, 0.3) is 0 Å². The molecule has 0 aromatic heterocycles. The molecule has 0 saturated heterocycles. The van der Waals surface area contributed by atoms with E-state index in [9.17, 15) is 0 Å². The summed E-state index contributed by atoms with van der Waals surface area (Å²) < 4.78 is 15.6. The zero-order valence-corrected chi connectivity index (χ0v) is 20.2. The molecule has 0 fully saturated rings. The minimum absolute atomic E-state index is 1.12. The Bertz CT molecular complexity index is 377. The second-order valence-electron chi connectivity index (χ2n) is 7.28. The maximum absolute atomic E-state index is 4.02. The standard InChI is InChI=1S/C8H13Ge.3C3H8N.Zr/c1-9(2,3)8-6-4-5-7-8;3*1-2-3-4;/h4,6H,5H2,1-3H3;3*4H,2-3H2,1H3;/q;3*-1;+3. The maximum atomic E-state index is 4.02. The van der Waals surface area contributed by atoms with Crippen LogP contribution in [0.1, 0.15) is 46.5 Å². The van der Waals surface area contributed by atoms with Gasteiger partial charge < -0.3 is 0 Å². The molecule has 0 amide bonds. The zero-order valence-electron chi connectivity index (χ0n) is 15.6. The van der Waals surface area contributed by atoms with Gasteiger partial charge in [-0.3, -0.25) is 0 Å². The van der Waals surface area contributed by atoms with Crippen molar-refractivity contribution in [3.63, 3.8) is 0 Å². The molecule has 0 aliphatic heterocycles. The van der Waals surface area contributed by atoms with Crippen LogP contribution in [-0.2, 0) is 21.1 Å².